The lowest BCUT2D eigenvalue weighted by Gasteiger charge is -2.12. The number of unbranched alkanes of at least 4 members (excludes halogenated alkanes) is 2. The van der Waals surface area contributed by atoms with Crippen LogP contribution in [0, 0.1) is 0 Å². The van der Waals surface area contributed by atoms with Gasteiger partial charge in [0.2, 0.25) is 0 Å². The van der Waals surface area contributed by atoms with Crippen LogP contribution in [0.15, 0.2) is 0 Å². The van der Waals surface area contributed by atoms with Crippen molar-refractivity contribution in [3.63, 3.8) is 0 Å². The van der Waals surface area contributed by atoms with Crippen molar-refractivity contribution in [2.75, 3.05) is 19.6 Å². The van der Waals surface area contributed by atoms with Crippen molar-refractivity contribution in [2.24, 2.45) is 0 Å². The van der Waals surface area contributed by atoms with Crippen LogP contribution in [0.2, 0.25) is 0 Å². The Balaban J connectivity index is 0.000000364. The van der Waals surface area contributed by atoms with Crippen molar-refractivity contribution in [3.8, 4) is 0 Å². The molecule has 1 saturated heterocycles. The summed E-state index contributed by atoms with van der Waals surface area (Å²) < 4.78 is 0. The Bertz CT molecular complexity index is 138. The largest absolute Gasteiger partial charge is 0.481 e. The summed E-state index contributed by atoms with van der Waals surface area (Å²) in [6.07, 6.45) is 7.05. The van der Waals surface area contributed by atoms with E-state index in [2.05, 4.69) is 11.8 Å². The van der Waals surface area contributed by atoms with Crippen LogP contribution in [0.5, 0.6) is 0 Å². The number of carbonyl (C=O) groups is 1. The predicted molar refractivity (Wildman–Crippen MR) is 58.5 cm³/mol. The van der Waals surface area contributed by atoms with E-state index in [4.69, 9.17) is 9.90 Å². The van der Waals surface area contributed by atoms with E-state index in [0.29, 0.717) is 0 Å². The smallest absolute Gasteiger partial charge is 0.300 e. The van der Waals surface area contributed by atoms with Gasteiger partial charge in [-0.15, -0.1) is 0 Å². The molecule has 0 atom stereocenters. The van der Waals surface area contributed by atoms with E-state index in [-0.39, 0.29) is 0 Å². The molecular weight excluding hydrogens is 178 g/mol. The molecule has 3 heteroatoms. The maximum atomic E-state index is 9.00. The Hall–Kier alpha value is -0.570. The molecule has 0 spiro atoms. The van der Waals surface area contributed by atoms with Gasteiger partial charge in [-0.2, -0.15) is 0 Å². The van der Waals surface area contributed by atoms with Crippen molar-refractivity contribution in [2.45, 2.75) is 46.0 Å². The fourth-order valence-corrected chi connectivity index (χ4v) is 1.59. The van der Waals surface area contributed by atoms with Gasteiger partial charge in [0.25, 0.3) is 5.97 Å². The molecule has 84 valence electrons. The van der Waals surface area contributed by atoms with Gasteiger partial charge in [0.05, 0.1) is 0 Å². The number of nitrogens with zero attached hydrogens (tertiary/aromatic N) is 1. The highest BCUT2D eigenvalue weighted by Gasteiger charge is 2.09. The second-order valence-corrected chi connectivity index (χ2v) is 3.77. The monoisotopic (exact) mass is 201 g/mol. The van der Waals surface area contributed by atoms with E-state index in [1.54, 1.807) is 0 Å². The quantitative estimate of drug-likeness (QED) is 0.710. The Morgan fingerprint density at radius 2 is 1.79 bits per heavy atom. The number of hydrogen-bond donors (Lipinski definition) is 1. The molecule has 1 heterocycles. The minimum absolute atomic E-state index is 0.833. The fraction of sp³-hybridized carbons (Fsp3) is 0.909. The zero-order valence-electron chi connectivity index (χ0n) is 9.46. The number of rotatable bonds is 4. The maximum absolute atomic E-state index is 9.00. The van der Waals surface area contributed by atoms with Crippen LogP contribution in [-0.4, -0.2) is 35.6 Å². The normalized spacial score (nSPS) is 16.1. The highest BCUT2D eigenvalue weighted by Crippen LogP contribution is 2.08. The van der Waals surface area contributed by atoms with Crippen LogP contribution in [0.3, 0.4) is 0 Å². The van der Waals surface area contributed by atoms with Crippen LogP contribution < -0.4 is 0 Å². The molecule has 0 aromatic heterocycles. The molecule has 1 N–H and O–H groups in total. The number of aliphatic carboxylic acids is 1. The average molecular weight is 201 g/mol. The van der Waals surface area contributed by atoms with Gasteiger partial charge in [0.15, 0.2) is 0 Å². The Kier molecular flexibility index (Phi) is 8.64. The summed E-state index contributed by atoms with van der Waals surface area (Å²) in [6, 6.07) is 0. The van der Waals surface area contributed by atoms with Gasteiger partial charge in [-0.3, -0.25) is 4.79 Å². The molecule has 1 rings (SSSR count). The summed E-state index contributed by atoms with van der Waals surface area (Å²) in [5, 5.41) is 7.42. The van der Waals surface area contributed by atoms with Crippen molar-refractivity contribution in [1.29, 1.82) is 0 Å². The Labute approximate surface area is 87.1 Å². The third-order valence-electron chi connectivity index (χ3n) is 2.28. The van der Waals surface area contributed by atoms with Crippen LogP contribution in [0.25, 0.3) is 0 Å². The molecule has 1 aliphatic heterocycles. The first kappa shape index (κ1) is 13.4. The Morgan fingerprint density at radius 1 is 1.29 bits per heavy atom. The Morgan fingerprint density at radius 3 is 2.21 bits per heavy atom. The van der Waals surface area contributed by atoms with Gasteiger partial charge in [-0.1, -0.05) is 19.8 Å². The van der Waals surface area contributed by atoms with Crippen molar-refractivity contribution in [3.05, 3.63) is 0 Å². The van der Waals surface area contributed by atoms with Gasteiger partial charge < -0.3 is 10.0 Å². The van der Waals surface area contributed by atoms with E-state index in [1.807, 2.05) is 0 Å². The van der Waals surface area contributed by atoms with E-state index in [9.17, 15) is 0 Å². The van der Waals surface area contributed by atoms with E-state index >= 15 is 0 Å². The third kappa shape index (κ3) is 9.52. The first-order chi connectivity index (χ1) is 6.66. The molecule has 0 unspecified atom stereocenters. The van der Waals surface area contributed by atoms with Crippen molar-refractivity contribution < 1.29 is 9.90 Å². The van der Waals surface area contributed by atoms with Gasteiger partial charge in [-0.05, 0) is 38.9 Å². The summed E-state index contributed by atoms with van der Waals surface area (Å²) in [5.74, 6) is -0.833. The molecule has 3 nitrogen and oxygen atoms in total. The predicted octanol–water partition coefficient (Wildman–Crippen LogP) is 2.36. The molecule has 0 aromatic rings. The number of carboxylic acids is 1. The molecule has 1 fully saturated rings. The summed E-state index contributed by atoms with van der Waals surface area (Å²) in [7, 11) is 0. The molecular formula is C11H23NO2. The number of carboxylic acid groups (broad SMARTS) is 1. The summed E-state index contributed by atoms with van der Waals surface area (Å²) in [4.78, 5) is 11.6. The van der Waals surface area contributed by atoms with Gasteiger partial charge in [0, 0.05) is 6.92 Å². The number of likely N-dealkylation sites (tertiary alicyclic amines) is 1. The van der Waals surface area contributed by atoms with Gasteiger partial charge >= 0.3 is 0 Å². The summed E-state index contributed by atoms with van der Waals surface area (Å²) in [6.45, 7) is 7.44. The van der Waals surface area contributed by atoms with Gasteiger partial charge in [0.1, 0.15) is 0 Å². The minimum atomic E-state index is -0.833. The highest BCUT2D eigenvalue weighted by atomic mass is 16.4. The first-order valence-corrected chi connectivity index (χ1v) is 5.58. The topological polar surface area (TPSA) is 40.5 Å². The zero-order valence-corrected chi connectivity index (χ0v) is 9.46. The first-order valence-electron chi connectivity index (χ1n) is 5.58. The maximum Gasteiger partial charge on any atom is 0.300 e. The standard InChI is InChI=1S/C9H19N.C2H4O2/c1-2-3-4-7-10-8-5-6-9-10;1-2(3)4/h2-9H2,1H3;1H3,(H,3,4). The molecule has 0 bridgehead atoms. The highest BCUT2D eigenvalue weighted by molar-refractivity contribution is 5.62. The lowest BCUT2D eigenvalue weighted by Crippen LogP contribution is -2.20. The van der Waals surface area contributed by atoms with E-state index in [0.717, 1.165) is 6.92 Å². The lowest BCUT2D eigenvalue weighted by molar-refractivity contribution is -0.134. The van der Waals surface area contributed by atoms with Crippen LogP contribution in [0.1, 0.15) is 46.0 Å². The lowest BCUT2D eigenvalue weighted by atomic mass is 10.2. The van der Waals surface area contributed by atoms with Crippen LogP contribution in [0.4, 0.5) is 0 Å². The fourth-order valence-electron chi connectivity index (χ4n) is 1.59. The third-order valence-corrected chi connectivity index (χ3v) is 2.28. The molecule has 0 saturated carbocycles. The van der Waals surface area contributed by atoms with Crippen LogP contribution >= 0.6 is 0 Å². The van der Waals surface area contributed by atoms with E-state index in [1.165, 1.54) is 51.7 Å². The summed E-state index contributed by atoms with van der Waals surface area (Å²) >= 11 is 0. The second kappa shape index (κ2) is 9.00. The molecule has 0 aliphatic carbocycles. The minimum Gasteiger partial charge on any atom is -0.481 e. The molecule has 0 aromatic carbocycles. The molecule has 14 heavy (non-hydrogen) atoms. The SMILES string of the molecule is CC(=O)O.CCCCCN1CCCC1. The molecule has 1 aliphatic rings. The zero-order chi connectivity index (χ0) is 10.8. The second-order valence-electron chi connectivity index (χ2n) is 3.77. The van der Waals surface area contributed by atoms with Crippen molar-refractivity contribution in [1.82, 2.24) is 4.90 Å². The number of hydrogen-bond acceptors (Lipinski definition) is 2. The van der Waals surface area contributed by atoms with Crippen LogP contribution in [-0.2, 0) is 4.79 Å². The molecule has 0 radical (unpaired) electrons. The van der Waals surface area contributed by atoms with Gasteiger partial charge in [-0.25, -0.2) is 0 Å². The average Bonchev–Trinajstić information content (AvgIpc) is 2.56. The van der Waals surface area contributed by atoms with E-state index < -0.39 is 5.97 Å². The summed E-state index contributed by atoms with van der Waals surface area (Å²) in [5.41, 5.74) is 0. The van der Waals surface area contributed by atoms with Crippen molar-refractivity contribution >= 4 is 5.97 Å². The molecule has 0 amide bonds.